The first-order chi connectivity index (χ1) is 6.79. The zero-order valence-corrected chi connectivity index (χ0v) is 8.85. The van der Waals surface area contributed by atoms with Gasteiger partial charge in [0.05, 0.1) is 19.0 Å². The van der Waals surface area contributed by atoms with E-state index >= 15 is 0 Å². The molecule has 0 amide bonds. The van der Waals surface area contributed by atoms with Gasteiger partial charge in [-0.25, -0.2) is 0 Å². The van der Waals surface area contributed by atoms with Crippen molar-refractivity contribution in [2.75, 3.05) is 6.61 Å². The second-order valence-corrected chi connectivity index (χ2v) is 3.35. The number of rotatable bonds is 0. The van der Waals surface area contributed by atoms with Gasteiger partial charge < -0.3 is 9.47 Å². The topological polar surface area (TPSA) is 18.5 Å². The standard InChI is InChI=1S/C6H10O.C6H8O/c2*1-6-4-2-3-5-7-6/h2,4,6H,3,5H2,1H3;2-6H,1H3. The van der Waals surface area contributed by atoms with Crippen LogP contribution in [0.4, 0.5) is 0 Å². The van der Waals surface area contributed by atoms with Crippen LogP contribution in [-0.2, 0) is 9.47 Å². The largest absolute Gasteiger partial charge is 0.494 e. The normalized spacial score (nSPS) is 29.0. The Morgan fingerprint density at radius 2 is 1.93 bits per heavy atom. The fourth-order valence-corrected chi connectivity index (χ4v) is 1.15. The molecule has 0 saturated heterocycles. The Morgan fingerprint density at radius 3 is 2.21 bits per heavy atom. The minimum atomic E-state index is 0.269. The average Bonchev–Trinajstić information content (AvgIpc) is 2.21. The van der Waals surface area contributed by atoms with E-state index in [0.29, 0.717) is 6.10 Å². The molecule has 0 radical (unpaired) electrons. The van der Waals surface area contributed by atoms with Gasteiger partial charge in [-0.15, -0.1) is 0 Å². The van der Waals surface area contributed by atoms with Gasteiger partial charge in [0.1, 0.15) is 6.10 Å². The first-order valence-corrected chi connectivity index (χ1v) is 5.06. The molecule has 0 aromatic carbocycles. The SMILES string of the molecule is CC1C=CC=CO1.CC1C=CCCO1. The van der Waals surface area contributed by atoms with Crippen molar-refractivity contribution in [2.24, 2.45) is 0 Å². The van der Waals surface area contributed by atoms with Crippen molar-refractivity contribution in [2.45, 2.75) is 32.5 Å². The Morgan fingerprint density at radius 1 is 1.07 bits per heavy atom. The van der Waals surface area contributed by atoms with Crippen LogP contribution >= 0.6 is 0 Å². The van der Waals surface area contributed by atoms with Crippen LogP contribution in [0.2, 0.25) is 0 Å². The van der Waals surface area contributed by atoms with Crippen LogP contribution < -0.4 is 0 Å². The van der Waals surface area contributed by atoms with Crippen LogP contribution in [0.1, 0.15) is 20.3 Å². The Kier molecular flexibility index (Phi) is 5.08. The Balaban J connectivity index is 0.000000140. The van der Waals surface area contributed by atoms with Gasteiger partial charge >= 0.3 is 0 Å². The monoisotopic (exact) mass is 194 g/mol. The molecule has 2 unspecified atom stereocenters. The Hall–Kier alpha value is -1.02. The highest BCUT2D eigenvalue weighted by Gasteiger charge is 1.98. The molecule has 14 heavy (non-hydrogen) atoms. The number of allylic oxidation sites excluding steroid dienone is 2. The molecule has 0 spiro atoms. The highest BCUT2D eigenvalue weighted by molar-refractivity contribution is 5.06. The van der Waals surface area contributed by atoms with E-state index < -0.39 is 0 Å². The van der Waals surface area contributed by atoms with E-state index in [0.717, 1.165) is 13.0 Å². The summed E-state index contributed by atoms with van der Waals surface area (Å²) in [7, 11) is 0. The maximum absolute atomic E-state index is 5.19. The molecule has 2 heteroatoms. The third-order valence-corrected chi connectivity index (χ3v) is 1.94. The van der Waals surface area contributed by atoms with Crippen molar-refractivity contribution in [1.29, 1.82) is 0 Å². The van der Waals surface area contributed by atoms with E-state index in [4.69, 9.17) is 9.47 Å². The quantitative estimate of drug-likeness (QED) is 0.552. The van der Waals surface area contributed by atoms with Crippen LogP contribution in [0.15, 0.2) is 36.6 Å². The van der Waals surface area contributed by atoms with Crippen molar-refractivity contribution in [1.82, 2.24) is 0 Å². The fraction of sp³-hybridized carbons (Fsp3) is 0.500. The molecule has 0 aliphatic carbocycles. The van der Waals surface area contributed by atoms with E-state index in [9.17, 15) is 0 Å². The van der Waals surface area contributed by atoms with Crippen LogP contribution in [-0.4, -0.2) is 18.8 Å². The smallest absolute Gasteiger partial charge is 0.113 e. The number of ether oxygens (including phenoxy) is 2. The summed E-state index contributed by atoms with van der Waals surface area (Å²) in [6.07, 6.45) is 13.5. The zero-order chi connectivity index (χ0) is 10.2. The summed E-state index contributed by atoms with van der Waals surface area (Å²) in [5, 5.41) is 0. The average molecular weight is 194 g/mol. The molecule has 2 atom stereocenters. The Labute approximate surface area is 85.9 Å². The molecule has 0 aromatic rings. The molecule has 0 bridgehead atoms. The third kappa shape index (κ3) is 4.87. The summed E-state index contributed by atoms with van der Waals surface area (Å²) in [6.45, 7) is 4.95. The predicted octanol–water partition coefficient (Wildman–Crippen LogP) is 2.83. The minimum absolute atomic E-state index is 0.269. The lowest BCUT2D eigenvalue weighted by Gasteiger charge is -2.10. The predicted molar refractivity (Wildman–Crippen MR) is 58.0 cm³/mol. The van der Waals surface area contributed by atoms with Crippen molar-refractivity contribution >= 4 is 0 Å². The van der Waals surface area contributed by atoms with Crippen molar-refractivity contribution in [3.8, 4) is 0 Å². The molecular formula is C12H18O2. The van der Waals surface area contributed by atoms with Gasteiger partial charge in [0.2, 0.25) is 0 Å². The molecular weight excluding hydrogens is 176 g/mol. The molecule has 0 saturated carbocycles. The third-order valence-electron chi connectivity index (χ3n) is 1.94. The number of hydrogen-bond donors (Lipinski definition) is 0. The highest BCUT2D eigenvalue weighted by atomic mass is 16.5. The van der Waals surface area contributed by atoms with Gasteiger partial charge in [0, 0.05) is 0 Å². The Bertz CT molecular complexity index is 228. The summed E-state index contributed by atoms with van der Waals surface area (Å²) in [4.78, 5) is 0. The lowest BCUT2D eigenvalue weighted by molar-refractivity contribution is 0.0925. The first-order valence-electron chi connectivity index (χ1n) is 5.06. The van der Waals surface area contributed by atoms with Crippen LogP contribution in [0.25, 0.3) is 0 Å². The molecule has 2 aliphatic heterocycles. The van der Waals surface area contributed by atoms with Gasteiger partial charge in [-0.1, -0.05) is 18.2 Å². The second kappa shape index (κ2) is 6.44. The van der Waals surface area contributed by atoms with Gasteiger partial charge in [0.15, 0.2) is 0 Å². The van der Waals surface area contributed by atoms with E-state index in [1.165, 1.54) is 0 Å². The van der Waals surface area contributed by atoms with E-state index in [1.807, 2.05) is 25.2 Å². The zero-order valence-electron chi connectivity index (χ0n) is 8.85. The maximum Gasteiger partial charge on any atom is 0.113 e. The van der Waals surface area contributed by atoms with Crippen LogP contribution in [0, 0.1) is 0 Å². The molecule has 2 nitrogen and oxygen atoms in total. The highest BCUT2D eigenvalue weighted by Crippen LogP contribution is 2.01. The lowest BCUT2D eigenvalue weighted by Crippen LogP contribution is -2.08. The summed E-state index contributed by atoms with van der Waals surface area (Å²) in [5.41, 5.74) is 0. The number of hydrogen-bond acceptors (Lipinski definition) is 2. The van der Waals surface area contributed by atoms with Gasteiger partial charge in [-0.05, 0) is 32.4 Å². The molecule has 0 N–H and O–H groups in total. The van der Waals surface area contributed by atoms with Crippen LogP contribution in [0.3, 0.4) is 0 Å². The summed E-state index contributed by atoms with van der Waals surface area (Å²) >= 11 is 0. The second-order valence-electron chi connectivity index (χ2n) is 3.35. The fourth-order valence-electron chi connectivity index (χ4n) is 1.15. The summed E-state index contributed by atoms with van der Waals surface area (Å²) < 4.78 is 10.2. The van der Waals surface area contributed by atoms with Gasteiger partial charge in [0.25, 0.3) is 0 Å². The van der Waals surface area contributed by atoms with Crippen molar-refractivity contribution in [3.63, 3.8) is 0 Å². The van der Waals surface area contributed by atoms with Crippen molar-refractivity contribution in [3.05, 3.63) is 36.6 Å². The van der Waals surface area contributed by atoms with Gasteiger partial charge in [-0.2, -0.15) is 0 Å². The molecule has 2 heterocycles. The minimum Gasteiger partial charge on any atom is -0.494 e. The molecule has 2 aliphatic rings. The molecule has 0 fully saturated rings. The van der Waals surface area contributed by atoms with E-state index in [-0.39, 0.29) is 6.10 Å². The van der Waals surface area contributed by atoms with E-state index in [2.05, 4.69) is 19.1 Å². The van der Waals surface area contributed by atoms with E-state index in [1.54, 1.807) is 6.26 Å². The molecule has 0 aromatic heterocycles. The van der Waals surface area contributed by atoms with Crippen molar-refractivity contribution < 1.29 is 9.47 Å². The molecule has 78 valence electrons. The van der Waals surface area contributed by atoms with Crippen LogP contribution in [0.5, 0.6) is 0 Å². The summed E-state index contributed by atoms with van der Waals surface area (Å²) in [5.74, 6) is 0. The molecule has 2 rings (SSSR count). The lowest BCUT2D eigenvalue weighted by atomic mass is 10.3. The summed E-state index contributed by atoms with van der Waals surface area (Å²) in [6, 6.07) is 0. The maximum atomic E-state index is 5.19. The van der Waals surface area contributed by atoms with Gasteiger partial charge in [-0.3, -0.25) is 0 Å². The first kappa shape index (κ1) is 11.1.